The maximum absolute atomic E-state index is 13.4. The number of hydrogen-bond acceptors (Lipinski definition) is 4. The first kappa shape index (κ1) is 23.0. The number of likely N-dealkylation sites (tertiary alicyclic amines) is 1. The Kier molecular flexibility index (Phi) is 6.80. The number of amides is 1. The van der Waals surface area contributed by atoms with Gasteiger partial charge in [-0.15, -0.1) is 0 Å². The second-order valence-corrected chi connectivity index (χ2v) is 9.28. The summed E-state index contributed by atoms with van der Waals surface area (Å²) in [7, 11) is 5.42. The molecule has 1 atom stereocenters. The zero-order valence-electron chi connectivity index (χ0n) is 20.0. The Hall–Kier alpha value is -3.18. The van der Waals surface area contributed by atoms with Gasteiger partial charge < -0.3 is 9.64 Å². The third kappa shape index (κ3) is 5.09. The highest BCUT2D eigenvalue weighted by Crippen LogP contribution is 2.37. The summed E-state index contributed by atoms with van der Waals surface area (Å²) in [6.07, 6.45) is 1.58. The highest BCUT2D eigenvalue weighted by molar-refractivity contribution is 5.83. The molecule has 0 aliphatic carbocycles. The average Bonchev–Trinajstić information content (AvgIpc) is 3.22. The second-order valence-electron chi connectivity index (χ2n) is 9.28. The molecule has 0 N–H and O–H groups in total. The summed E-state index contributed by atoms with van der Waals surface area (Å²) in [6, 6.07) is 22.7. The molecular weight excluding hydrogens is 410 g/mol. The molecule has 5 heteroatoms. The fourth-order valence-corrected chi connectivity index (χ4v) is 4.95. The monoisotopic (exact) mass is 443 g/mol. The second kappa shape index (κ2) is 9.75. The molecule has 4 rings (SSSR count). The van der Waals surface area contributed by atoms with E-state index in [1.807, 2.05) is 45.3 Å². The van der Waals surface area contributed by atoms with E-state index >= 15 is 0 Å². The highest BCUT2D eigenvalue weighted by atomic mass is 16.5. The van der Waals surface area contributed by atoms with Crippen LogP contribution < -0.4 is 4.74 Å². The molecule has 0 radical (unpaired) electrons. The molecule has 172 valence electrons. The number of nitrogens with zero attached hydrogens (tertiary/aromatic N) is 3. The van der Waals surface area contributed by atoms with E-state index < -0.39 is 5.41 Å². The van der Waals surface area contributed by atoms with E-state index in [0.29, 0.717) is 0 Å². The Labute approximate surface area is 197 Å². The zero-order valence-corrected chi connectivity index (χ0v) is 20.0. The summed E-state index contributed by atoms with van der Waals surface area (Å²) in [5.74, 6) is 1.07. The van der Waals surface area contributed by atoms with Crippen LogP contribution in [0.4, 0.5) is 0 Å². The maximum Gasteiger partial charge on any atom is 0.229 e. The number of aryl methyl sites for hydroxylation is 1. The van der Waals surface area contributed by atoms with Crippen LogP contribution in [0, 0.1) is 12.3 Å². The fraction of sp³-hybridized carbons (Fsp3) is 0.357. The van der Waals surface area contributed by atoms with Crippen molar-refractivity contribution in [3.05, 3.63) is 83.7 Å². The van der Waals surface area contributed by atoms with Gasteiger partial charge in [-0.2, -0.15) is 0 Å². The van der Waals surface area contributed by atoms with Crippen LogP contribution in [0.15, 0.2) is 66.7 Å². The predicted molar refractivity (Wildman–Crippen MR) is 132 cm³/mol. The van der Waals surface area contributed by atoms with Gasteiger partial charge in [-0.05, 0) is 55.6 Å². The van der Waals surface area contributed by atoms with Crippen LogP contribution in [-0.2, 0) is 17.8 Å². The van der Waals surface area contributed by atoms with Crippen LogP contribution in [0.5, 0.6) is 5.75 Å². The molecule has 2 heterocycles. The molecule has 1 unspecified atom stereocenters. The molecule has 1 aliphatic heterocycles. The van der Waals surface area contributed by atoms with Crippen molar-refractivity contribution < 1.29 is 9.53 Å². The summed E-state index contributed by atoms with van der Waals surface area (Å²) in [6.45, 7) is 4.43. The summed E-state index contributed by atoms with van der Waals surface area (Å²) in [5, 5.41) is 0. The zero-order chi connectivity index (χ0) is 23.4. The van der Waals surface area contributed by atoms with Gasteiger partial charge in [0.1, 0.15) is 5.75 Å². The molecule has 1 saturated heterocycles. The fourth-order valence-electron chi connectivity index (χ4n) is 4.95. The minimum Gasteiger partial charge on any atom is -0.496 e. The summed E-state index contributed by atoms with van der Waals surface area (Å²) in [4.78, 5) is 22.1. The number of hydrogen-bond donors (Lipinski definition) is 0. The van der Waals surface area contributed by atoms with E-state index in [-0.39, 0.29) is 5.91 Å². The third-order valence-corrected chi connectivity index (χ3v) is 6.54. The van der Waals surface area contributed by atoms with Crippen molar-refractivity contribution in [3.8, 4) is 16.9 Å². The lowest BCUT2D eigenvalue weighted by atomic mass is 9.79. The van der Waals surface area contributed by atoms with E-state index in [0.717, 1.165) is 60.7 Å². The number of benzene rings is 2. The van der Waals surface area contributed by atoms with Gasteiger partial charge in [0.2, 0.25) is 5.91 Å². The van der Waals surface area contributed by atoms with Crippen molar-refractivity contribution in [2.24, 2.45) is 5.41 Å². The van der Waals surface area contributed by atoms with Crippen molar-refractivity contribution in [2.45, 2.75) is 26.3 Å². The van der Waals surface area contributed by atoms with Crippen molar-refractivity contribution in [2.75, 3.05) is 34.3 Å². The summed E-state index contributed by atoms with van der Waals surface area (Å²) in [5.41, 5.74) is 5.03. The number of carbonyl (C=O) groups excluding carboxylic acids is 1. The Morgan fingerprint density at radius 2 is 1.82 bits per heavy atom. The minimum atomic E-state index is -0.417. The summed E-state index contributed by atoms with van der Waals surface area (Å²) < 4.78 is 5.52. The van der Waals surface area contributed by atoms with Crippen LogP contribution in [-0.4, -0.2) is 55.0 Å². The normalized spacial score (nSPS) is 18.3. The van der Waals surface area contributed by atoms with Crippen molar-refractivity contribution in [1.29, 1.82) is 0 Å². The lowest BCUT2D eigenvalue weighted by Crippen LogP contribution is -2.44. The number of para-hydroxylation sites is 1. The molecule has 1 aliphatic rings. The summed E-state index contributed by atoms with van der Waals surface area (Å²) >= 11 is 0. The van der Waals surface area contributed by atoms with Gasteiger partial charge in [-0.25, -0.2) is 0 Å². The Morgan fingerprint density at radius 1 is 1.06 bits per heavy atom. The molecule has 3 aromatic rings. The highest BCUT2D eigenvalue weighted by Gasteiger charge is 2.45. The van der Waals surface area contributed by atoms with Gasteiger partial charge in [0.25, 0.3) is 0 Å². The predicted octanol–water partition coefficient (Wildman–Crippen LogP) is 4.59. The number of methoxy groups -OCH3 is 1. The van der Waals surface area contributed by atoms with E-state index in [9.17, 15) is 4.79 Å². The van der Waals surface area contributed by atoms with Gasteiger partial charge >= 0.3 is 0 Å². The Bertz CT molecular complexity index is 1110. The van der Waals surface area contributed by atoms with E-state index in [4.69, 9.17) is 4.74 Å². The molecule has 33 heavy (non-hydrogen) atoms. The number of ether oxygens (including phenoxy) is 1. The Morgan fingerprint density at radius 3 is 2.52 bits per heavy atom. The first-order valence-electron chi connectivity index (χ1n) is 11.5. The van der Waals surface area contributed by atoms with Crippen LogP contribution in [0.2, 0.25) is 0 Å². The van der Waals surface area contributed by atoms with Gasteiger partial charge in [0.15, 0.2) is 0 Å². The molecule has 1 amide bonds. The van der Waals surface area contributed by atoms with Gasteiger partial charge in [-0.1, -0.05) is 48.5 Å². The Balaban J connectivity index is 1.54. The quantitative estimate of drug-likeness (QED) is 0.536. The molecule has 0 saturated carbocycles. The standard InChI is InChI=1S/C28H33N3O2/c1-21-8-7-9-24(29-21)19-31-17-16-28(20-31,27(32)30(2)3)18-22-12-14-23(15-13-22)25-10-5-6-11-26(25)33-4/h5-15H,16-20H2,1-4H3. The maximum atomic E-state index is 13.4. The lowest BCUT2D eigenvalue weighted by Gasteiger charge is -2.31. The van der Waals surface area contributed by atoms with Crippen molar-refractivity contribution >= 4 is 5.91 Å². The minimum absolute atomic E-state index is 0.205. The molecule has 1 aromatic heterocycles. The lowest BCUT2D eigenvalue weighted by molar-refractivity contribution is -0.138. The number of rotatable bonds is 7. The van der Waals surface area contributed by atoms with Gasteiger partial charge in [0, 0.05) is 38.4 Å². The molecule has 0 bridgehead atoms. The van der Waals surface area contributed by atoms with E-state index in [1.54, 1.807) is 12.0 Å². The molecule has 2 aromatic carbocycles. The van der Waals surface area contributed by atoms with E-state index in [1.165, 1.54) is 5.56 Å². The van der Waals surface area contributed by atoms with Gasteiger partial charge in [-0.3, -0.25) is 14.7 Å². The molecule has 5 nitrogen and oxygen atoms in total. The van der Waals surface area contributed by atoms with Gasteiger partial charge in [0.05, 0.1) is 18.2 Å². The largest absolute Gasteiger partial charge is 0.496 e. The van der Waals surface area contributed by atoms with Crippen LogP contribution in [0.1, 0.15) is 23.4 Å². The van der Waals surface area contributed by atoms with E-state index in [2.05, 4.69) is 52.3 Å². The topological polar surface area (TPSA) is 45.7 Å². The average molecular weight is 444 g/mol. The van der Waals surface area contributed by atoms with Crippen molar-refractivity contribution in [1.82, 2.24) is 14.8 Å². The first-order valence-corrected chi connectivity index (χ1v) is 11.5. The first-order chi connectivity index (χ1) is 15.9. The SMILES string of the molecule is COc1ccccc1-c1ccc(CC2(C(=O)N(C)C)CCN(Cc3cccc(C)n3)C2)cc1. The number of carbonyl (C=O) groups is 1. The third-order valence-electron chi connectivity index (χ3n) is 6.54. The number of pyridine rings is 1. The van der Waals surface area contributed by atoms with Crippen LogP contribution in [0.3, 0.4) is 0 Å². The van der Waals surface area contributed by atoms with Crippen LogP contribution in [0.25, 0.3) is 11.1 Å². The number of aromatic nitrogens is 1. The molecule has 1 fully saturated rings. The van der Waals surface area contributed by atoms with Crippen molar-refractivity contribution in [3.63, 3.8) is 0 Å². The smallest absolute Gasteiger partial charge is 0.229 e. The van der Waals surface area contributed by atoms with Crippen LogP contribution >= 0.6 is 0 Å². The molecular formula is C28H33N3O2. The molecule has 0 spiro atoms.